The molecule has 15 heavy (non-hydrogen) atoms. The van der Waals surface area contributed by atoms with Crippen molar-refractivity contribution < 1.29 is 4.79 Å². The molecule has 1 rings (SSSR count). The van der Waals surface area contributed by atoms with Crippen LogP contribution in [0.1, 0.15) is 18.1 Å². The van der Waals surface area contributed by atoms with Crippen LogP contribution in [-0.4, -0.2) is 12.5 Å². The second kappa shape index (κ2) is 5.98. The summed E-state index contributed by atoms with van der Waals surface area (Å²) in [5.74, 6) is -0.424. The number of carbonyl (C=O) groups excluding carboxylic acids is 1. The maximum atomic E-state index is 10.6. The molecule has 0 unspecified atom stereocenters. The number of rotatable bonds is 5. The Morgan fingerprint density at radius 1 is 1.53 bits per heavy atom. The van der Waals surface area contributed by atoms with Crippen molar-refractivity contribution in [3.63, 3.8) is 0 Å². The van der Waals surface area contributed by atoms with Crippen molar-refractivity contribution in [2.24, 2.45) is 5.73 Å². The Morgan fingerprint density at radius 3 is 3.00 bits per heavy atom. The quantitative estimate of drug-likeness (QED) is 0.710. The highest BCUT2D eigenvalue weighted by Gasteiger charge is 1.93. The highest BCUT2D eigenvalue weighted by atomic mass is 16.1. The Labute approximate surface area is 90.0 Å². The molecule has 80 valence electrons. The molecule has 0 saturated heterocycles. The minimum Gasteiger partial charge on any atom is -0.366 e. The lowest BCUT2D eigenvalue weighted by Gasteiger charge is -2.02. The fourth-order valence-corrected chi connectivity index (χ4v) is 1.25. The molecule has 1 aromatic carbocycles. The van der Waals surface area contributed by atoms with E-state index in [4.69, 9.17) is 5.73 Å². The maximum absolute atomic E-state index is 10.6. The van der Waals surface area contributed by atoms with Crippen LogP contribution in [0.15, 0.2) is 30.3 Å². The third-order valence-corrected chi connectivity index (χ3v) is 1.97. The van der Waals surface area contributed by atoms with Crippen molar-refractivity contribution in [1.82, 2.24) is 5.32 Å². The number of amides is 1. The van der Waals surface area contributed by atoms with Crippen molar-refractivity contribution in [3.05, 3.63) is 41.5 Å². The number of hydrogen-bond donors (Lipinski definition) is 2. The lowest BCUT2D eigenvalue weighted by molar-refractivity contribution is -0.113. The molecule has 0 aliphatic carbocycles. The lowest BCUT2D eigenvalue weighted by Crippen LogP contribution is -2.11. The molecule has 3 nitrogen and oxygen atoms in total. The number of hydrogen-bond acceptors (Lipinski definition) is 2. The molecule has 0 fully saturated rings. The Hall–Kier alpha value is -1.61. The standard InChI is InChI=1S/C12H16N2O/c1-2-14-9-11-5-3-4-10(8-11)6-7-12(13)15/h3-8,14H,2,9H2,1H3,(H2,13,15). The van der Waals surface area contributed by atoms with E-state index < -0.39 is 5.91 Å². The van der Waals surface area contributed by atoms with Gasteiger partial charge in [-0.1, -0.05) is 31.2 Å². The van der Waals surface area contributed by atoms with Crippen LogP contribution in [0.3, 0.4) is 0 Å². The molecule has 1 aromatic rings. The first-order chi connectivity index (χ1) is 7.22. The third-order valence-electron chi connectivity index (χ3n) is 1.97. The van der Waals surface area contributed by atoms with Gasteiger partial charge < -0.3 is 11.1 Å². The first-order valence-electron chi connectivity index (χ1n) is 4.99. The number of benzene rings is 1. The minimum atomic E-state index is -0.424. The van der Waals surface area contributed by atoms with Gasteiger partial charge in [0.25, 0.3) is 0 Å². The molecule has 3 N–H and O–H groups in total. The lowest BCUT2D eigenvalue weighted by atomic mass is 10.1. The monoisotopic (exact) mass is 204 g/mol. The van der Waals surface area contributed by atoms with E-state index in [1.165, 1.54) is 11.6 Å². The molecular formula is C12H16N2O. The highest BCUT2D eigenvalue weighted by Crippen LogP contribution is 2.06. The first kappa shape index (κ1) is 11.5. The van der Waals surface area contributed by atoms with Gasteiger partial charge in [0.1, 0.15) is 0 Å². The van der Waals surface area contributed by atoms with Gasteiger partial charge in [-0.3, -0.25) is 4.79 Å². The van der Waals surface area contributed by atoms with Crippen LogP contribution >= 0.6 is 0 Å². The minimum absolute atomic E-state index is 0.424. The average molecular weight is 204 g/mol. The molecule has 0 atom stereocenters. The van der Waals surface area contributed by atoms with Crippen molar-refractivity contribution in [2.45, 2.75) is 13.5 Å². The Balaban J connectivity index is 2.69. The second-order valence-corrected chi connectivity index (χ2v) is 3.26. The Bertz CT molecular complexity index is 358. The van der Waals surface area contributed by atoms with Gasteiger partial charge in [-0.05, 0) is 23.7 Å². The largest absolute Gasteiger partial charge is 0.366 e. The molecule has 0 bridgehead atoms. The smallest absolute Gasteiger partial charge is 0.241 e. The Morgan fingerprint density at radius 2 is 2.33 bits per heavy atom. The van der Waals surface area contributed by atoms with Crippen LogP contribution < -0.4 is 11.1 Å². The van der Waals surface area contributed by atoms with Gasteiger partial charge in [-0.15, -0.1) is 0 Å². The van der Waals surface area contributed by atoms with Gasteiger partial charge in [-0.2, -0.15) is 0 Å². The molecular weight excluding hydrogens is 188 g/mol. The maximum Gasteiger partial charge on any atom is 0.241 e. The molecule has 0 aliphatic rings. The zero-order chi connectivity index (χ0) is 11.1. The van der Waals surface area contributed by atoms with Crippen LogP contribution in [0.4, 0.5) is 0 Å². The van der Waals surface area contributed by atoms with Crippen molar-refractivity contribution >= 4 is 12.0 Å². The van der Waals surface area contributed by atoms with Gasteiger partial charge in [-0.25, -0.2) is 0 Å². The van der Waals surface area contributed by atoms with E-state index in [0.29, 0.717) is 0 Å². The number of nitrogens with one attached hydrogen (secondary N) is 1. The van der Waals surface area contributed by atoms with Crippen LogP contribution in [0.25, 0.3) is 6.08 Å². The molecule has 1 amide bonds. The van der Waals surface area contributed by atoms with E-state index in [0.717, 1.165) is 18.7 Å². The average Bonchev–Trinajstić information content (AvgIpc) is 2.24. The van der Waals surface area contributed by atoms with E-state index in [9.17, 15) is 4.79 Å². The van der Waals surface area contributed by atoms with Gasteiger partial charge in [0.05, 0.1) is 0 Å². The summed E-state index contributed by atoms with van der Waals surface area (Å²) in [4.78, 5) is 10.6. The normalized spacial score (nSPS) is 10.7. The van der Waals surface area contributed by atoms with E-state index in [2.05, 4.69) is 12.2 Å². The zero-order valence-electron chi connectivity index (χ0n) is 8.86. The van der Waals surface area contributed by atoms with Crippen molar-refractivity contribution in [2.75, 3.05) is 6.54 Å². The molecule has 0 aromatic heterocycles. The summed E-state index contributed by atoms with van der Waals surface area (Å²) in [5, 5.41) is 3.24. The van der Waals surface area contributed by atoms with Crippen LogP contribution in [0.5, 0.6) is 0 Å². The predicted octanol–water partition coefficient (Wildman–Crippen LogP) is 1.29. The summed E-state index contributed by atoms with van der Waals surface area (Å²) in [6.45, 7) is 3.85. The van der Waals surface area contributed by atoms with Gasteiger partial charge >= 0.3 is 0 Å². The summed E-state index contributed by atoms with van der Waals surface area (Å²) in [5.41, 5.74) is 7.21. The SMILES string of the molecule is CCNCc1cccc(C=CC(N)=O)c1. The molecule has 0 saturated carbocycles. The van der Waals surface area contributed by atoms with Gasteiger partial charge in [0.15, 0.2) is 0 Å². The molecule has 0 heterocycles. The summed E-state index contributed by atoms with van der Waals surface area (Å²) < 4.78 is 0. The van der Waals surface area contributed by atoms with Crippen LogP contribution in [0.2, 0.25) is 0 Å². The summed E-state index contributed by atoms with van der Waals surface area (Å²) >= 11 is 0. The fourth-order valence-electron chi connectivity index (χ4n) is 1.25. The highest BCUT2D eigenvalue weighted by molar-refractivity contribution is 5.90. The fraction of sp³-hybridized carbons (Fsp3) is 0.250. The van der Waals surface area contributed by atoms with E-state index >= 15 is 0 Å². The third kappa shape index (κ3) is 4.42. The molecule has 0 aliphatic heterocycles. The molecule has 0 radical (unpaired) electrons. The number of primary amides is 1. The van der Waals surface area contributed by atoms with Gasteiger partial charge in [0.2, 0.25) is 5.91 Å². The number of nitrogens with two attached hydrogens (primary N) is 1. The first-order valence-corrected chi connectivity index (χ1v) is 4.99. The Kier molecular flexibility index (Phi) is 4.57. The number of carbonyl (C=O) groups is 1. The summed E-state index contributed by atoms with van der Waals surface area (Å²) in [6, 6.07) is 7.98. The molecule has 0 spiro atoms. The second-order valence-electron chi connectivity index (χ2n) is 3.26. The van der Waals surface area contributed by atoms with E-state index in [-0.39, 0.29) is 0 Å². The van der Waals surface area contributed by atoms with Crippen molar-refractivity contribution in [1.29, 1.82) is 0 Å². The molecule has 3 heteroatoms. The summed E-state index contributed by atoms with van der Waals surface area (Å²) in [6.07, 6.45) is 3.09. The van der Waals surface area contributed by atoms with Crippen LogP contribution in [-0.2, 0) is 11.3 Å². The zero-order valence-corrected chi connectivity index (χ0v) is 8.86. The topological polar surface area (TPSA) is 55.1 Å². The van der Waals surface area contributed by atoms with Gasteiger partial charge in [0, 0.05) is 12.6 Å². The summed E-state index contributed by atoms with van der Waals surface area (Å²) in [7, 11) is 0. The predicted molar refractivity (Wildman–Crippen MR) is 62.1 cm³/mol. The van der Waals surface area contributed by atoms with Crippen LogP contribution in [0, 0.1) is 0 Å². The van der Waals surface area contributed by atoms with Crippen molar-refractivity contribution in [3.8, 4) is 0 Å². The van der Waals surface area contributed by atoms with E-state index in [1.54, 1.807) is 6.08 Å². The van der Waals surface area contributed by atoms with E-state index in [1.807, 2.05) is 24.3 Å².